The van der Waals surface area contributed by atoms with Crippen molar-refractivity contribution >= 4 is 31.8 Å². The first-order valence-electron chi connectivity index (χ1n) is 8.50. The molecule has 0 aliphatic heterocycles. The van der Waals surface area contributed by atoms with Gasteiger partial charge in [-0.05, 0) is 22.3 Å². The van der Waals surface area contributed by atoms with E-state index in [0.29, 0.717) is 0 Å². The first-order chi connectivity index (χ1) is 13.2. The number of carboxylic acids is 1. The largest absolute Gasteiger partial charge is 0.481 e. The smallest absolute Gasteiger partial charge is 0.407 e. The maximum atomic E-state index is 12.1. The van der Waals surface area contributed by atoms with Crippen LogP contribution in [0.5, 0.6) is 0 Å². The van der Waals surface area contributed by atoms with E-state index in [0.717, 1.165) is 22.3 Å². The summed E-state index contributed by atoms with van der Waals surface area (Å²) in [6.07, 6.45) is -1.48. The van der Waals surface area contributed by atoms with Crippen LogP contribution in [0.25, 0.3) is 11.1 Å². The van der Waals surface area contributed by atoms with Crippen LogP contribution in [0.2, 0.25) is 0 Å². The molecule has 0 bridgehead atoms. The lowest BCUT2D eigenvalue weighted by atomic mass is 9.98. The molecule has 1 aliphatic rings. The molecule has 9 heteroatoms. The number of halogens is 1. The molecule has 0 heterocycles. The van der Waals surface area contributed by atoms with E-state index in [-0.39, 0.29) is 12.5 Å². The number of carbonyl (C=O) groups excluding carboxylic acids is 1. The van der Waals surface area contributed by atoms with Gasteiger partial charge >= 0.3 is 12.1 Å². The molecule has 7 nitrogen and oxygen atoms in total. The highest BCUT2D eigenvalue weighted by molar-refractivity contribution is 8.13. The molecule has 1 amide bonds. The molecule has 1 aliphatic carbocycles. The Hall–Kier alpha value is -2.58. The lowest BCUT2D eigenvalue weighted by Gasteiger charge is -2.18. The summed E-state index contributed by atoms with van der Waals surface area (Å²) < 4.78 is 27.7. The van der Waals surface area contributed by atoms with Gasteiger partial charge in [-0.2, -0.15) is 0 Å². The molecular weight excluding hydrogens is 406 g/mol. The quantitative estimate of drug-likeness (QED) is 0.662. The summed E-state index contributed by atoms with van der Waals surface area (Å²) in [5, 5.41) is 11.2. The van der Waals surface area contributed by atoms with Crippen LogP contribution in [0, 0.1) is 0 Å². The van der Waals surface area contributed by atoms with E-state index < -0.39 is 39.3 Å². The number of fused-ring (bicyclic) bond motifs is 3. The standard InChI is InChI=1S/C19H18ClNO6S/c20-28(25,26)11-12(9-18(22)23)21-19(24)27-10-17-15-7-3-1-5-13(15)14-6-2-4-8-16(14)17/h1-8,12,17H,9-11H2,(H,21,24)(H,22,23)/t12-/m0/s1. The summed E-state index contributed by atoms with van der Waals surface area (Å²) in [5.74, 6) is -2.12. The van der Waals surface area contributed by atoms with Gasteiger partial charge in [-0.25, -0.2) is 13.2 Å². The first-order valence-corrected chi connectivity index (χ1v) is 11.0. The number of hydrogen-bond acceptors (Lipinski definition) is 5. The molecule has 2 aromatic carbocycles. The highest BCUT2D eigenvalue weighted by Crippen LogP contribution is 2.44. The van der Waals surface area contributed by atoms with Crippen molar-refractivity contribution in [1.29, 1.82) is 0 Å². The number of benzene rings is 2. The molecule has 2 N–H and O–H groups in total. The van der Waals surface area contributed by atoms with Crippen molar-refractivity contribution in [2.75, 3.05) is 12.4 Å². The van der Waals surface area contributed by atoms with Gasteiger partial charge in [-0.15, -0.1) is 0 Å². The summed E-state index contributed by atoms with van der Waals surface area (Å²) >= 11 is 0. The van der Waals surface area contributed by atoms with Gasteiger partial charge in [0.05, 0.1) is 18.2 Å². The van der Waals surface area contributed by atoms with E-state index in [9.17, 15) is 18.0 Å². The minimum Gasteiger partial charge on any atom is -0.481 e. The second-order valence-electron chi connectivity index (χ2n) is 6.47. The van der Waals surface area contributed by atoms with Gasteiger partial charge in [0.15, 0.2) is 0 Å². The number of carboxylic acid groups (broad SMARTS) is 1. The third kappa shape index (κ3) is 4.82. The Morgan fingerprint density at radius 2 is 1.61 bits per heavy atom. The monoisotopic (exact) mass is 423 g/mol. The zero-order valence-corrected chi connectivity index (χ0v) is 16.2. The van der Waals surface area contributed by atoms with Gasteiger partial charge < -0.3 is 15.2 Å². The van der Waals surface area contributed by atoms with E-state index in [2.05, 4.69) is 5.32 Å². The van der Waals surface area contributed by atoms with E-state index >= 15 is 0 Å². The summed E-state index contributed by atoms with van der Waals surface area (Å²) in [5.41, 5.74) is 4.21. The Balaban J connectivity index is 1.69. The van der Waals surface area contributed by atoms with Crippen LogP contribution in [0.15, 0.2) is 48.5 Å². The molecule has 1 atom stereocenters. The number of nitrogens with one attached hydrogen (secondary N) is 1. The van der Waals surface area contributed by atoms with Crippen molar-refractivity contribution in [1.82, 2.24) is 5.32 Å². The Bertz CT molecular complexity index is 961. The molecule has 28 heavy (non-hydrogen) atoms. The van der Waals surface area contributed by atoms with Crippen LogP contribution in [-0.4, -0.2) is 44.0 Å². The van der Waals surface area contributed by atoms with Crippen molar-refractivity contribution in [3.8, 4) is 11.1 Å². The fourth-order valence-electron chi connectivity index (χ4n) is 3.41. The average Bonchev–Trinajstić information content (AvgIpc) is 2.92. The zero-order valence-electron chi connectivity index (χ0n) is 14.7. The number of hydrogen-bond donors (Lipinski definition) is 2. The molecule has 0 unspecified atom stereocenters. The van der Waals surface area contributed by atoms with Crippen molar-refractivity contribution in [2.45, 2.75) is 18.4 Å². The predicted molar refractivity (Wildman–Crippen MR) is 104 cm³/mol. The summed E-state index contributed by atoms with van der Waals surface area (Å²) in [6.45, 7) is 0.0350. The van der Waals surface area contributed by atoms with Gasteiger partial charge in [0.1, 0.15) is 6.61 Å². The Kier molecular flexibility index (Phi) is 5.90. The van der Waals surface area contributed by atoms with Crippen LogP contribution in [0.4, 0.5) is 4.79 Å². The molecule has 2 aromatic rings. The van der Waals surface area contributed by atoms with Crippen molar-refractivity contribution in [3.63, 3.8) is 0 Å². The minimum absolute atomic E-state index is 0.0350. The Morgan fingerprint density at radius 3 is 2.11 bits per heavy atom. The fraction of sp³-hybridized carbons (Fsp3) is 0.263. The van der Waals surface area contributed by atoms with Gasteiger partial charge in [0.25, 0.3) is 0 Å². The third-order valence-electron chi connectivity index (χ3n) is 4.49. The SMILES string of the molecule is O=C(O)C[C@@H](CS(=O)(=O)Cl)NC(=O)OCC1c2ccccc2-c2ccccc21. The minimum atomic E-state index is -3.99. The van der Waals surface area contributed by atoms with Crippen molar-refractivity contribution in [2.24, 2.45) is 0 Å². The van der Waals surface area contributed by atoms with E-state index in [1.54, 1.807) is 0 Å². The van der Waals surface area contributed by atoms with Crippen LogP contribution in [0.1, 0.15) is 23.5 Å². The molecule has 148 valence electrons. The molecule has 3 rings (SSSR count). The van der Waals surface area contributed by atoms with Crippen LogP contribution < -0.4 is 5.32 Å². The van der Waals surface area contributed by atoms with E-state index in [1.165, 1.54) is 0 Å². The molecule has 0 aromatic heterocycles. The van der Waals surface area contributed by atoms with Crippen LogP contribution in [-0.2, 0) is 18.6 Å². The second kappa shape index (κ2) is 8.20. The number of carbonyl (C=O) groups is 2. The molecule has 0 saturated carbocycles. The maximum Gasteiger partial charge on any atom is 0.407 e. The summed E-state index contributed by atoms with van der Waals surface area (Å²) in [7, 11) is 1.19. The normalized spacial score (nSPS) is 14.0. The van der Waals surface area contributed by atoms with Gasteiger partial charge in [-0.3, -0.25) is 4.79 Å². The molecule has 0 radical (unpaired) electrons. The number of alkyl carbamates (subject to hydrolysis) is 1. The molecule has 0 saturated heterocycles. The van der Waals surface area contributed by atoms with Crippen LogP contribution in [0.3, 0.4) is 0 Å². The molecule has 0 fully saturated rings. The second-order valence-corrected chi connectivity index (χ2v) is 9.29. The Morgan fingerprint density at radius 1 is 1.07 bits per heavy atom. The lowest BCUT2D eigenvalue weighted by molar-refractivity contribution is -0.137. The predicted octanol–water partition coefficient (Wildman–Crippen LogP) is 2.94. The summed E-state index contributed by atoms with van der Waals surface area (Å²) in [4.78, 5) is 23.0. The highest BCUT2D eigenvalue weighted by atomic mass is 35.7. The Labute approximate surface area is 166 Å². The van der Waals surface area contributed by atoms with Gasteiger partial charge in [0, 0.05) is 16.6 Å². The topological polar surface area (TPSA) is 110 Å². The number of rotatable bonds is 7. The van der Waals surface area contributed by atoms with Crippen molar-refractivity contribution < 1.29 is 27.9 Å². The van der Waals surface area contributed by atoms with E-state index in [1.807, 2.05) is 48.5 Å². The highest BCUT2D eigenvalue weighted by Gasteiger charge is 2.29. The lowest BCUT2D eigenvalue weighted by Crippen LogP contribution is -2.41. The van der Waals surface area contributed by atoms with E-state index in [4.69, 9.17) is 20.5 Å². The first kappa shape index (κ1) is 20.2. The molecule has 0 spiro atoms. The van der Waals surface area contributed by atoms with Crippen LogP contribution >= 0.6 is 10.7 Å². The summed E-state index contributed by atoms with van der Waals surface area (Å²) in [6, 6.07) is 14.4. The van der Waals surface area contributed by atoms with Crippen molar-refractivity contribution in [3.05, 3.63) is 59.7 Å². The fourth-order valence-corrected chi connectivity index (χ4v) is 4.55. The number of amides is 1. The third-order valence-corrected chi connectivity index (χ3v) is 5.67. The number of ether oxygens (including phenoxy) is 1. The zero-order chi connectivity index (χ0) is 20.3. The van der Waals surface area contributed by atoms with Gasteiger partial charge in [-0.1, -0.05) is 48.5 Å². The maximum absolute atomic E-state index is 12.1. The average molecular weight is 424 g/mol. The molecular formula is C19H18ClNO6S. The van der Waals surface area contributed by atoms with Gasteiger partial charge in [0.2, 0.25) is 9.05 Å². The number of aliphatic carboxylic acids is 1.